The number of anilines is 1. The van der Waals surface area contributed by atoms with E-state index in [1.807, 2.05) is 6.07 Å². The van der Waals surface area contributed by atoms with E-state index in [1.54, 1.807) is 42.5 Å². The first kappa shape index (κ1) is 15.2. The Bertz CT molecular complexity index is 904. The molecule has 5 nitrogen and oxygen atoms in total. The minimum absolute atomic E-state index is 0.144. The molecule has 1 aromatic heterocycles. The Hall–Kier alpha value is -2.66. The van der Waals surface area contributed by atoms with E-state index >= 15 is 0 Å². The molecule has 0 unspecified atom stereocenters. The molecule has 116 valence electrons. The van der Waals surface area contributed by atoms with Gasteiger partial charge in [0.2, 0.25) is 5.91 Å². The van der Waals surface area contributed by atoms with Crippen LogP contribution >= 0.6 is 11.6 Å². The van der Waals surface area contributed by atoms with E-state index in [0.717, 1.165) is 0 Å². The predicted molar refractivity (Wildman–Crippen MR) is 90.7 cm³/mol. The molecule has 0 fully saturated rings. The predicted octanol–water partition coefficient (Wildman–Crippen LogP) is 3.08. The maximum Gasteiger partial charge on any atom is 0.261 e. The van der Waals surface area contributed by atoms with Crippen molar-refractivity contribution < 1.29 is 4.79 Å². The monoisotopic (exact) mass is 327 g/mol. The van der Waals surface area contributed by atoms with E-state index in [9.17, 15) is 9.59 Å². The van der Waals surface area contributed by atoms with Gasteiger partial charge in [0.15, 0.2) is 0 Å². The molecule has 0 aliphatic rings. The summed E-state index contributed by atoms with van der Waals surface area (Å²) in [6.45, 7) is 0.274. The molecule has 3 rings (SSSR count). The number of carbonyl (C=O) groups is 1. The number of amides is 1. The minimum Gasteiger partial charge on any atom is -0.326 e. The number of hydrogen-bond acceptors (Lipinski definition) is 3. The van der Waals surface area contributed by atoms with Crippen LogP contribution in [-0.4, -0.2) is 15.5 Å². The van der Waals surface area contributed by atoms with Crippen LogP contribution in [0.2, 0.25) is 5.02 Å². The number of rotatable bonds is 4. The fourth-order valence-electron chi connectivity index (χ4n) is 2.24. The lowest BCUT2D eigenvalue weighted by Crippen LogP contribution is -2.23. The van der Waals surface area contributed by atoms with Crippen molar-refractivity contribution >= 4 is 34.1 Å². The summed E-state index contributed by atoms with van der Waals surface area (Å²) in [5.41, 5.74) is 1.18. The van der Waals surface area contributed by atoms with E-state index in [4.69, 9.17) is 11.6 Å². The summed E-state index contributed by atoms with van der Waals surface area (Å²) in [5.74, 6) is -0.174. The number of fused-ring (bicyclic) bond motifs is 1. The van der Waals surface area contributed by atoms with E-state index in [1.165, 1.54) is 10.9 Å². The molecule has 0 spiro atoms. The number of hydrogen-bond donors (Lipinski definition) is 1. The van der Waals surface area contributed by atoms with Crippen LogP contribution < -0.4 is 10.9 Å². The number of benzene rings is 2. The van der Waals surface area contributed by atoms with Crippen molar-refractivity contribution in [2.75, 3.05) is 5.32 Å². The van der Waals surface area contributed by atoms with Crippen molar-refractivity contribution in [3.63, 3.8) is 0 Å². The van der Waals surface area contributed by atoms with Gasteiger partial charge in [0.05, 0.1) is 17.2 Å². The average Bonchev–Trinajstić information content (AvgIpc) is 2.57. The van der Waals surface area contributed by atoms with Gasteiger partial charge in [-0.05, 0) is 36.4 Å². The van der Waals surface area contributed by atoms with Crippen LogP contribution in [0.15, 0.2) is 59.7 Å². The molecule has 1 N–H and O–H groups in total. The summed E-state index contributed by atoms with van der Waals surface area (Å²) in [5, 5.41) is 3.92. The Morgan fingerprint density at radius 3 is 2.65 bits per heavy atom. The topological polar surface area (TPSA) is 64.0 Å². The summed E-state index contributed by atoms with van der Waals surface area (Å²) in [6, 6.07) is 14.0. The highest BCUT2D eigenvalue weighted by Crippen LogP contribution is 2.13. The number of halogens is 1. The van der Waals surface area contributed by atoms with Gasteiger partial charge in [-0.25, -0.2) is 4.98 Å². The van der Waals surface area contributed by atoms with Gasteiger partial charge in [0.25, 0.3) is 5.56 Å². The molecule has 0 aliphatic carbocycles. The largest absolute Gasteiger partial charge is 0.326 e. The van der Waals surface area contributed by atoms with Gasteiger partial charge in [-0.15, -0.1) is 0 Å². The van der Waals surface area contributed by atoms with Crippen molar-refractivity contribution in [3.05, 3.63) is 70.2 Å². The zero-order valence-corrected chi connectivity index (χ0v) is 13.0. The number of para-hydroxylation sites is 1. The average molecular weight is 328 g/mol. The quantitative estimate of drug-likeness (QED) is 0.801. The first-order chi connectivity index (χ1) is 11.1. The van der Waals surface area contributed by atoms with E-state index in [-0.39, 0.29) is 24.4 Å². The minimum atomic E-state index is -0.174. The van der Waals surface area contributed by atoms with Crippen LogP contribution in [0, 0.1) is 0 Å². The number of aromatic nitrogens is 2. The molecule has 2 aromatic carbocycles. The zero-order valence-electron chi connectivity index (χ0n) is 12.2. The van der Waals surface area contributed by atoms with Crippen molar-refractivity contribution in [1.29, 1.82) is 0 Å². The van der Waals surface area contributed by atoms with E-state index in [2.05, 4.69) is 10.3 Å². The maximum absolute atomic E-state index is 12.3. The molecule has 0 bridgehead atoms. The van der Waals surface area contributed by atoms with Crippen molar-refractivity contribution in [2.45, 2.75) is 13.0 Å². The summed E-state index contributed by atoms with van der Waals surface area (Å²) < 4.78 is 1.45. The lowest BCUT2D eigenvalue weighted by Gasteiger charge is -2.08. The third kappa shape index (κ3) is 3.57. The van der Waals surface area contributed by atoms with E-state index < -0.39 is 0 Å². The molecule has 0 radical (unpaired) electrons. The molecule has 3 aromatic rings. The Balaban J connectivity index is 1.68. The molecule has 0 atom stereocenters. The second-order valence-corrected chi connectivity index (χ2v) is 5.50. The van der Waals surface area contributed by atoms with Crippen LogP contribution in [-0.2, 0) is 11.3 Å². The normalized spacial score (nSPS) is 10.7. The van der Waals surface area contributed by atoms with Crippen molar-refractivity contribution in [1.82, 2.24) is 9.55 Å². The molecular weight excluding hydrogens is 314 g/mol. The first-order valence-corrected chi connectivity index (χ1v) is 7.51. The summed E-state index contributed by atoms with van der Waals surface area (Å²) >= 11 is 5.80. The third-order valence-corrected chi connectivity index (χ3v) is 3.69. The second-order valence-electron chi connectivity index (χ2n) is 5.07. The smallest absolute Gasteiger partial charge is 0.261 e. The molecule has 23 heavy (non-hydrogen) atoms. The highest BCUT2D eigenvalue weighted by Gasteiger charge is 2.06. The van der Waals surface area contributed by atoms with Crippen LogP contribution in [0.25, 0.3) is 10.9 Å². The Kier molecular flexibility index (Phi) is 4.39. The lowest BCUT2D eigenvalue weighted by atomic mass is 10.2. The van der Waals surface area contributed by atoms with Gasteiger partial charge in [-0.1, -0.05) is 23.7 Å². The van der Waals surface area contributed by atoms with Crippen LogP contribution in [0.3, 0.4) is 0 Å². The Morgan fingerprint density at radius 1 is 1.13 bits per heavy atom. The lowest BCUT2D eigenvalue weighted by molar-refractivity contribution is -0.116. The number of nitrogens with one attached hydrogen (secondary N) is 1. The first-order valence-electron chi connectivity index (χ1n) is 7.13. The summed E-state index contributed by atoms with van der Waals surface area (Å²) in [6.07, 6.45) is 1.66. The molecule has 6 heteroatoms. The van der Waals surface area contributed by atoms with E-state index in [0.29, 0.717) is 21.6 Å². The number of carbonyl (C=O) groups excluding carboxylic acids is 1. The van der Waals surface area contributed by atoms with Crippen LogP contribution in [0.4, 0.5) is 5.69 Å². The SMILES string of the molecule is O=C(CCn1cnc2ccccc2c1=O)Nc1ccc(Cl)cc1. The number of aryl methyl sites for hydroxylation is 1. The zero-order chi connectivity index (χ0) is 16.2. The van der Waals surface area contributed by atoms with Gasteiger partial charge >= 0.3 is 0 Å². The molecule has 0 aliphatic heterocycles. The van der Waals surface area contributed by atoms with Gasteiger partial charge in [0.1, 0.15) is 0 Å². The Labute approximate surface area is 137 Å². The third-order valence-electron chi connectivity index (χ3n) is 3.44. The van der Waals surface area contributed by atoms with Gasteiger partial charge in [0, 0.05) is 23.7 Å². The second kappa shape index (κ2) is 6.62. The van der Waals surface area contributed by atoms with Gasteiger partial charge in [-0.2, -0.15) is 0 Å². The maximum atomic E-state index is 12.3. The van der Waals surface area contributed by atoms with Gasteiger partial charge in [-0.3, -0.25) is 14.2 Å². The summed E-state index contributed by atoms with van der Waals surface area (Å²) in [7, 11) is 0. The van der Waals surface area contributed by atoms with Crippen molar-refractivity contribution in [2.24, 2.45) is 0 Å². The van der Waals surface area contributed by atoms with Crippen LogP contribution in [0.5, 0.6) is 0 Å². The standard InChI is InChI=1S/C17H14ClN3O2/c18-12-5-7-13(8-6-12)20-16(22)9-10-21-11-19-15-4-2-1-3-14(15)17(21)23/h1-8,11H,9-10H2,(H,20,22). The fourth-order valence-corrected chi connectivity index (χ4v) is 2.37. The molecule has 0 saturated heterocycles. The fraction of sp³-hybridized carbons (Fsp3) is 0.118. The highest BCUT2D eigenvalue weighted by atomic mass is 35.5. The molecular formula is C17H14ClN3O2. The van der Waals surface area contributed by atoms with Crippen LogP contribution in [0.1, 0.15) is 6.42 Å². The molecule has 0 saturated carbocycles. The van der Waals surface area contributed by atoms with Gasteiger partial charge < -0.3 is 5.32 Å². The molecule has 1 amide bonds. The summed E-state index contributed by atoms with van der Waals surface area (Å²) in [4.78, 5) is 28.5. The number of nitrogens with zero attached hydrogens (tertiary/aromatic N) is 2. The van der Waals surface area contributed by atoms with Crippen molar-refractivity contribution in [3.8, 4) is 0 Å². The Morgan fingerprint density at radius 2 is 1.87 bits per heavy atom. The highest BCUT2D eigenvalue weighted by molar-refractivity contribution is 6.30. The molecule has 1 heterocycles.